The van der Waals surface area contributed by atoms with Crippen molar-refractivity contribution in [3.63, 3.8) is 0 Å². The first-order valence-corrected chi connectivity index (χ1v) is 10.3. The molecule has 0 aliphatic rings. The average Bonchev–Trinajstić information content (AvgIpc) is 2.80. The quantitative estimate of drug-likeness (QED) is 0.346. The Morgan fingerprint density at radius 2 is 1.72 bits per heavy atom. The van der Waals surface area contributed by atoms with E-state index < -0.39 is 0 Å². The summed E-state index contributed by atoms with van der Waals surface area (Å²) in [6.45, 7) is 6.32. The maximum atomic E-state index is 12.8. The minimum absolute atomic E-state index is 0.275. The Labute approximate surface area is 187 Å². The number of benzene rings is 2. The van der Waals surface area contributed by atoms with Crippen LogP contribution in [0.4, 0.5) is 5.69 Å². The number of anilines is 1. The van der Waals surface area contributed by atoms with Crippen LogP contribution in [0.1, 0.15) is 44.5 Å². The summed E-state index contributed by atoms with van der Waals surface area (Å²) < 4.78 is 5.01. The fraction of sp³-hybridized carbons (Fsp3) is 0.200. The molecule has 3 aromatic rings. The largest absolute Gasteiger partial charge is 0.462 e. The third kappa shape index (κ3) is 6.25. The number of carbonyl (C=O) groups excluding carboxylic acids is 2. The van der Waals surface area contributed by atoms with Crippen LogP contribution in [0, 0.1) is 13.8 Å². The number of amides is 1. The number of guanidine groups is 1. The number of aryl methyl sites for hydroxylation is 2. The highest BCUT2D eigenvalue weighted by molar-refractivity contribution is 6.10. The molecule has 1 amide bonds. The molecule has 0 spiro atoms. The van der Waals surface area contributed by atoms with Crippen molar-refractivity contribution >= 4 is 23.5 Å². The maximum absolute atomic E-state index is 12.8. The van der Waals surface area contributed by atoms with E-state index in [1.165, 1.54) is 0 Å². The highest BCUT2D eigenvalue weighted by Gasteiger charge is 2.12. The number of pyridine rings is 1. The van der Waals surface area contributed by atoms with Gasteiger partial charge in [-0.25, -0.2) is 9.79 Å². The Morgan fingerprint density at radius 1 is 0.969 bits per heavy atom. The maximum Gasteiger partial charge on any atom is 0.338 e. The van der Waals surface area contributed by atoms with Gasteiger partial charge in [0.1, 0.15) is 0 Å². The zero-order valence-corrected chi connectivity index (χ0v) is 18.4. The standard InChI is InChI=1S/C25H26N4O3/c1-4-32-24(31)19-10-12-21(13-11-19)28-25(27-16-22-7-5-6-14-26-22)29-23(30)20-9-8-17(2)18(3)15-20/h5-15H,4,16H2,1-3H3,(H2,27,28,29,30). The van der Waals surface area contributed by atoms with Crippen molar-refractivity contribution in [2.45, 2.75) is 27.3 Å². The van der Waals surface area contributed by atoms with Crippen LogP contribution >= 0.6 is 0 Å². The van der Waals surface area contributed by atoms with E-state index in [9.17, 15) is 9.59 Å². The lowest BCUT2D eigenvalue weighted by Crippen LogP contribution is -2.36. The van der Waals surface area contributed by atoms with Gasteiger partial charge in [-0.3, -0.25) is 15.1 Å². The molecule has 0 saturated carbocycles. The van der Waals surface area contributed by atoms with Gasteiger partial charge in [0, 0.05) is 17.4 Å². The summed E-state index contributed by atoms with van der Waals surface area (Å²) in [6, 6.07) is 17.9. The first-order valence-electron chi connectivity index (χ1n) is 10.3. The summed E-state index contributed by atoms with van der Waals surface area (Å²) in [6.07, 6.45) is 1.69. The van der Waals surface area contributed by atoms with E-state index in [-0.39, 0.29) is 24.4 Å². The Hall–Kier alpha value is -4.00. The van der Waals surface area contributed by atoms with Crippen LogP contribution in [0.3, 0.4) is 0 Å². The van der Waals surface area contributed by atoms with Crippen LogP contribution in [0.2, 0.25) is 0 Å². The summed E-state index contributed by atoms with van der Waals surface area (Å²) in [5.74, 6) is -0.377. The Morgan fingerprint density at radius 3 is 2.38 bits per heavy atom. The highest BCUT2D eigenvalue weighted by atomic mass is 16.5. The summed E-state index contributed by atoms with van der Waals surface area (Å²) in [7, 11) is 0. The van der Waals surface area contributed by atoms with Crippen LogP contribution in [0.5, 0.6) is 0 Å². The third-order valence-electron chi connectivity index (χ3n) is 4.79. The van der Waals surface area contributed by atoms with Crippen molar-refractivity contribution in [2.24, 2.45) is 4.99 Å². The Kier molecular flexibility index (Phi) is 7.70. The van der Waals surface area contributed by atoms with Gasteiger partial charge in [0.2, 0.25) is 5.96 Å². The minimum atomic E-state index is -0.383. The molecule has 0 unspecified atom stereocenters. The molecule has 1 aromatic heterocycles. The van der Waals surface area contributed by atoms with Crippen molar-refractivity contribution in [1.29, 1.82) is 0 Å². The molecule has 7 nitrogen and oxygen atoms in total. The second kappa shape index (κ2) is 10.9. The number of ether oxygens (including phenoxy) is 1. The van der Waals surface area contributed by atoms with Gasteiger partial charge >= 0.3 is 5.97 Å². The van der Waals surface area contributed by atoms with Gasteiger partial charge in [-0.15, -0.1) is 0 Å². The first-order chi connectivity index (χ1) is 15.5. The number of rotatable bonds is 6. The molecule has 0 aliphatic carbocycles. The van der Waals surface area contributed by atoms with Crippen molar-refractivity contribution in [2.75, 3.05) is 11.9 Å². The molecule has 3 rings (SSSR count). The fourth-order valence-electron chi connectivity index (χ4n) is 2.87. The number of carbonyl (C=O) groups is 2. The second-order valence-electron chi connectivity index (χ2n) is 7.16. The molecule has 32 heavy (non-hydrogen) atoms. The summed E-state index contributed by atoms with van der Waals surface area (Å²) in [4.78, 5) is 33.5. The summed E-state index contributed by atoms with van der Waals surface area (Å²) in [5, 5.41) is 5.95. The van der Waals surface area contributed by atoms with Gasteiger partial charge < -0.3 is 10.1 Å². The highest BCUT2D eigenvalue weighted by Crippen LogP contribution is 2.12. The summed E-state index contributed by atoms with van der Waals surface area (Å²) >= 11 is 0. The molecule has 0 aliphatic heterocycles. The number of aromatic nitrogens is 1. The SMILES string of the molecule is CCOC(=O)c1ccc(NC(=NCc2ccccn2)NC(=O)c2ccc(C)c(C)c2)cc1. The molecule has 1 heterocycles. The first kappa shape index (κ1) is 22.7. The molecular weight excluding hydrogens is 404 g/mol. The van der Waals surface area contributed by atoms with Gasteiger partial charge in [-0.05, 0) is 80.4 Å². The molecule has 0 fully saturated rings. The topological polar surface area (TPSA) is 92.7 Å². The van der Waals surface area contributed by atoms with E-state index >= 15 is 0 Å². The number of aliphatic imine (C=N–C) groups is 1. The average molecular weight is 431 g/mol. The number of nitrogens with one attached hydrogen (secondary N) is 2. The van der Waals surface area contributed by atoms with E-state index in [1.807, 2.05) is 44.2 Å². The number of esters is 1. The van der Waals surface area contributed by atoms with Crippen molar-refractivity contribution in [3.8, 4) is 0 Å². The predicted octanol–water partition coefficient (Wildman–Crippen LogP) is 4.27. The smallest absolute Gasteiger partial charge is 0.338 e. The molecule has 0 radical (unpaired) electrons. The van der Waals surface area contributed by atoms with Crippen LogP contribution in [0.25, 0.3) is 0 Å². The van der Waals surface area contributed by atoms with Gasteiger partial charge in [-0.1, -0.05) is 12.1 Å². The predicted molar refractivity (Wildman–Crippen MR) is 125 cm³/mol. The van der Waals surface area contributed by atoms with E-state index in [4.69, 9.17) is 4.74 Å². The zero-order valence-electron chi connectivity index (χ0n) is 18.4. The number of hydrogen-bond donors (Lipinski definition) is 2. The Balaban J connectivity index is 1.79. The van der Waals surface area contributed by atoms with E-state index in [0.29, 0.717) is 23.4 Å². The molecule has 0 atom stereocenters. The van der Waals surface area contributed by atoms with Gasteiger partial charge in [0.05, 0.1) is 24.4 Å². The molecule has 7 heteroatoms. The lowest BCUT2D eigenvalue weighted by Gasteiger charge is -2.13. The van der Waals surface area contributed by atoms with Gasteiger partial charge in [0.25, 0.3) is 5.91 Å². The zero-order chi connectivity index (χ0) is 22.9. The van der Waals surface area contributed by atoms with Crippen molar-refractivity contribution in [3.05, 3.63) is 94.8 Å². The number of hydrogen-bond acceptors (Lipinski definition) is 5. The molecule has 0 saturated heterocycles. The number of nitrogens with zero attached hydrogens (tertiary/aromatic N) is 2. The van der Waals surface area contributed by atoms with E-state index in [0.717, 1.165) is 16.8 Å². The minimum Gasteiger partial charge on any atom is -0.462 e. The van der Waals surface area contributed by atoms with E-state index in [2.05, 4.69) is 20.6 Å². The lowest BCUT2D eigenvalue weighted by atomic mass is 10.1. The molecule has 2 aromatic carbocycles. The molecule has 164 valence electrons. The molecule has 2 N–H and O–H groups in total. The monoisotopic (exact) mass is 430 g/mol. The van der Waals surface area contributed by atoms with Gasteiger partial charge in [0.15, 0.2) is 0 Å². The summed E-state index contributed by atoms with van der Waals surface area (Å²) in [5.41, 5.74) is 4.57. The van der Waals surface area contributed by atoms with Crippen LogP contribution in [-0.2, 0) is 11.3 Å². The lowest BCUT2D eigenvalue weighted by molar-refractivity contribution is 0.0526. The molecule has 0 bridgehead atoms. The fourth-order valence-corrected chi connectivity index (χ4v) is 2.87. The Bertz CT molecular complexity index is 1110. The van der Waals surface area contributed by atoms with E-state index in [1.54, 1.807) is 43.5 Å². The van der Waals surface area contributed by atoms with Crippen LogP contribution in [0.15, 0.2) is 71.9 Å². The van der Waals surface area contributed by atoms with Crippen molar-refractivity contribution < 1.29 is 14.3 Å². The van der Waals surface area contributed by atoms with Crippen LogP contribution < -0.4 is 10.6 Å². The normalized spacial score (nSPS) is 11.0. The molecular formula is C25H26N4O3. The second-order valence-corrected chi connectivity index (χ2v) is 7.16. The van der Waals surface area contributed by atoms with Crippen LogP contribution in [-0.4, -0.2) is 29.4 Å². The van der Waals surface area contributed by atoms with Crippen molar-refractivity contribution in [1.82, 2.24) is 10.3 Å². The van der Waals surface area contributed by atoms with Gasteiger partial charge in [-0.2, -0.15) is 0 Å². The third-order valence-corrected chi connectivity index (χ3v) is 4.79.